The van der Waals surface area contributed by atoms with Gasteiger partial charge in [-0.25, -0.2) is 0 Å². The van der Waals surface area contributed by atoms with Crippen molar-refractivity contribution in [2.24, 2.45) is 5.41 Å². The third-order valence-electron chi connectivity index (χ3n) is 9.51. The monoisotopic (exact) mass is 776 g/mol. The zero-order valence-electron chi connectivity index (χ0n) is 32.1. The molecule has 306 valence electrons. The molecular formula is C40H56O15. The topological polar surface area (TPSA) is 239 Å². The summed E-state index contributed by atoms with van der Waals surface area (Å²) < 4.78 is 26.8. The molecule has 0 saturated carbocycles. The first-order chi connectivity index (χ1) is 25.9. The van der Waals surface area contributed by atoms with E-state index in [2.05, 4.69) is 0 Å². The molecule has 3 rings (SSSR count). The number of carbonyl (C=O) groups excluding carboxylic acids is 3. The van der Waals surface area contributed by atoms with Crippen molar-refractivity contribution < 1.29 is 73.8 Å². The lowest BCUT2D eigenvalue weighted by Gasteiger charge is -2.45. The molecule has 0 bridgehead atoms. The number of hydrogen-bond acceptors (Lipinski definition) is 15. The molecule has 2 saturated heterocycles. The van der Waals surface area contributed by atoms with Gasteiger partial charge in [0.05, 0.1) is 19.4 Å². The van der Waals surface area contributed by atoms with Crippen molar-refractivity contribution in [1.29, 1.82) is 0 Å². The van der Waals surface area contributed by atoms with E-state index >= 15 is 0 Å². The van der Waals surface area contributed by atoms with E-state index < -0.39 is 111 Å². The van der Waals surface area contributed by atoms with E-state index in [1.807, 2.05) is 95.4 Å². The molecule has 0 spiro atoms. The van der Waals surface area contributed by atoms with Gasteiger partial charge in [0, 0.05) is 6.42 Å². The van der Waals surface area contributed by atoms with Crippen LogP contribution in [-0.2, 0) is 38.1 Å². The Bertz CT molecular complexity index is 1550. The summed E-state index contributed by atoms with van der Waals surface area (Å²) >= 11 is 0. The van der Waals surface area contributed by atoms with Crippen molar-refractivity contribution in [2.45, 2.75) is 128 Å². The van der Waals surface area contributed by atoms with Crippen LogP contribution in [0.1, 0.15) is 60.8 Å². The molecule has 15 nitrogen and oxygen atoms in total. The van der Waals surface area contributed by atoms with Crippen LogP contribution in [0.2, 0.25) is 0 Å². The lowest BCUT2D eigenvalue weighted by atomic mass is 9.71. The number of rotatable bonds is 15. The van der Waals surface area contributed by atoms with Gasteiger partial charge >= 0.3 is 11.9 Å². The predicted octanol–water partition coefficient (Wildman–Crippen LogP) is 1.30. The maximum Gasteiger partial charge on any atom is 0.307 e. The summed E-state index contributed by atoms with van der Waals surface area (Å²) in [6, 6.07) is 0. The molecule has 2 aliphatic heterocycles. The van der Waals surface area contributed by atoms with E-state index in [1.165, 1.54) is 0 Å². The largest absolute Gasteiger partial charge is 0.463 e. The second kappa shape index (κ2) is 21.1. The van der Waals surface area contributed by atoms with Crippen LogP contribution in [-0.4, -0.2) is 134 Å². The molecular weight excluding hydrogens is 720 g/mol. The van der Waals surface area contributed by atoms with Crippen molar-refractivity contribution in [3.63, 3.8) is 0 Å². The molecule has 0 radical (unpaired) electrons. The molecule has 11 unspecified atom stereocenters. The van der Waals surface area contributed by atoms with Gasteiger partial charge in [-0.1, -0.05) is 85.8 Å². The highest BCUT2D eigenvalue weighted by atomic mass is 16.7. The summed E-state index contributed by atoms with van der Waals surface area (Å²) in [5.41, 5.74) is 2.80. The SMILES string of the molecule is CC=CC=CC=C(C)C=CC=C(C)C=CC1=C(C)C(=O)C(OC(=O)CCC(=O)OCC2OC(O)C(O)C(O)C2OC2OC(CO)C(O)C(O)C2O)CC1(C)C. The molecule has 3 aliphatic rings. The summed E-state index contributed by atoms with van der Waals surface area (Å²) in [5.74, 6) is -2.06. The van der Waals surface area contributed by atoms with E-state index in [1.54, 1.807) is 6.92 Å². The maximum absolute atomic E-state index is 13.3. The first kappa shape index (κ1) is 45.8. The molecule has 55 heavy (non-hydrogen) atoms. The van der Waals surface area contributed by atoms with Gasteiger partial charge in [-0.3, -0.25) is 14.4 Å². The van der Waals surface area contributed by atoms with Gasteiger partial charge in [0.15, 0.2) is 24.5 Å². The Hall–Kier alpha value is -3.61. The van der Waals surface area contributed by atoms with Crippen LogP contribution >= 0.6 is 0 Å². The molecule has 0 aromatic carbocycles. The van der Waals surface area contributed by atoms with Crippen LogP contribution in [0.15, 0.2) is 83.1 Å². The summed E-state index contributed by atoms with van der Waals surface area (Å²) in [6.45, 7) is 10.1. The number of hydrogen-bond donors (Lipinski definition) is 7. The Kier molecular flexibility index (Phi) is 17.5. The molecule has 15 heteroatoms. The fourth-order valence-corrected chi connectivity index (χ4v) is 6.28. The van der Waals surface area contributed by atoms with Gasteiger partial charge in [-0.15, -0.1) is 0 Å². The van der Waals surface area contributed by atoms with Crippen molar-refractivity contribution in [1.82, 2.24) is 0 Å². The summed E-state index contributed by atoms with van der Waals surface area (Å²) in [7, 11) is 0. The fraction of sp³-hybridized carbons (Fsp3) is 0.575. The van der Waals surface area contributed by atoms with Gasteiger partial charge < -0.3 is 59.4 Å². The Morgan fingerprint density at radius 2 is 1.47 bits per heavy atom. The standard InChI is InChI=1S/C40H56O15/c1-7-8-9-10-12-22(2)13-11-14-23(3)15-16-25-24(4)31(44)26(19-40(25,5)6)52-30(43)18-17-29(42)51-21-28-37(34(47)35(48)38(50)53-28)55-39-36(49)33(46)32(45)27(20-41)54-39/h7-16,26-28,32-39,41,45-50H,17-21H2,1-6H3. The Morgan fingerprint density at radius 3 is 2.15 bits per heavy atom. The second-order valence-electron chi connectivity index (χ2n) is 14.4. The zero-order valence-corrected chi connectivity index (χ0v) is 32.1. The molecule has 0 amide bonds. The third kappa shape index (κ3) is 12.7. The number of ether oxygens (including phenoxy) is 5. The molecule has 2 fully saturated rings. The first-order valence-electron chi connectivity index (χ1n) is 18.2. The number of Topliss-reactive ketones (excluding diaryl/α,β-unsaturated/α-hetero) is 1. The lowest BCUT2D eigenvalue weighted by molar-refractivity contribution is -0.355. The van der Waals surface area contributed by atoms with Crippen LogP contribution in [0.25, 0.3) is 0 Å². The highest BCUT2D eigenvalue weighted by Gasteiger charge is 2.50. The van der Waals surface area contributed by atoms with Gasteiger partial charge in [-0.05, 0) is 44.3 Å². The summed E-state index contributed by atoms with van der Waals surface area (Å²) in [6.07, 6.45) is 0.604. The molecule has 0 aromatic heterocycles. The Labute approximate surface area is 321 Å². The van der Waals surface area contributed by atoms with Crippen molar-refractivity contribution >= 4 is 17.7 Å². The molecule has 0 aromatic rings. The predicted molar refractivity (Wildman–Crippen MR) is 197 cm³/mol. The van der Waals surface area contributed by atoms with Crippen LogP contribution in [0.3, 0.4) is 0 Å². The minimum atomic E-state index is -1.93. The number of carbonyl (C=O) groups is 3. The van der Waals surface area contributed by atoms with E-state index in [4.69, 9.17) is 23.7 Å². The van der Waals surface area contributed by atoms with Crippen LogP contribution < -0.4 is 0 Å². The van der Waals surface area contributed by atoms with E-state index in [9.17, 15) is 50.1 Å². The van der Waals surface area contributed by atoms with Gasteiger partial charge in [0.25, 0.3) is 0 Å². The Balaban J connectivity index is 1.56. The zero-order chi connectivity index (χ0) is 41.0. The van der Waals surface area contributed by atoms with Gasteiger partial charge in [-0.2, -0.15) is 0 Å². The highest BCUT2D eigenvalue weighted by Crippen LogP contribution is 2.41. The minimum Gasteiger partial charge on any atom is -0.463 e. The van der Waals surface area contributed by atoms with Gasteiger partial charge in [0.2, 0.25) is 0 Å². The lowest BCUT2D eigenvalue weighted by Crippen LogP contribution is -2.64. The van der Waals surface area contributed by atoms with Crippen LogP contribution in [0, 0.1) is 5.41 Å². The van der Waals surface area contributed by atoms with Crippen molar-refractivity contribution in [3.05, 3.63) is 83.1 Å². The number of esters is 2. The van der Waals surface area contributed by atoms with Crippen LogP contribution in [0.4, 0.5) is 0 Å². The summed E-state index contributed by atoms with van der Waals surface area (Å²) in [5, 5.41) is 70.7. The molecule has 1 aliphatic carbocycles. The molecule has 2 heterocycles. The second-order valence-corrected chi connectivity index (χ2v) is 14.4. The minimum absolute atomic E-state index is 0.220. The number of allylic oxidation sites excluding steroid dienone is 13. The van der Waals surface area contributed by atoms with E-state index in [0.29, 0.717) is 5.57 Å². The third-order valence-corrected chi connectivity index (χ3v) is 9.51. The summed E-state index contributed by atoms with van der Waals surface area (Å²) in [4.78, 5) is 38.7. The fourth-order valence-electron chi connectivity index (χ4n) is 6.28. The number of ketones is 1. The van der Waals surface area contributed by atoms with Crippen molar-refractivity contribution in [2.75, 3.05) is 13.2 Å². The van der Waals surface area contributed by atoms with E-state index in [-0.39, 0.29) is 12.2 Å². The van der Waals surface area contributed by atoms with E-state index in [0.717, 1.165) is 16.7 Å². The molecule has 11 atom stereocenters. The smallest absolute Gasteiger partial charge is 0.307 e. The number of aliphatic hydroxyl groups excluding tert-OH is 7. The number of aliphatic hydroxyl groups is 7. The molecule has 7 N–H and O–H groups in total. The quantitative estimate of drug-likeness (QED) is 0.0917. The first-order valence-corrected chi connectivity index (χ1v) is 18.2. The van der Waals surface area contributed by atoms with Crippen LogP contribution in [0.5, 0.6) is 0 Å². The maximum atomic E-state index is 13.3. The van der Waals surface area contributed by atoms with Crippen molar-refractivity contribution in [3.8, 4) is 0 Å². The normalized spacial score (nSPS) is 33.7. The highest BCUT2D eigenvalue weighted by molar-refractivity contribution is 6.01. The average Bonchev–Trinajstić information content (AvgIpc) is 3.13. The van der Waals surface area contributed by atoms with Gasteiger partial charge in [0.1, 0.15) is 55.4 Å². The average molecular weight is 777 g/mol. The Morgan fingerprint density at radius 1 is 0.818 bits per heavy atom.